The molecule has 0 aliphatic carbocycles. The summed E-state index contributed by atoms with van der Waals surface area (Å²) in [6.07, 6.45) is 2.83. The van der Waals surface area contributed by atoms with E-state index in [1.165, 1.54) is 0 Å². The maximum Gasteiger partial charge on any atom is 0.297 e. The number of nitrogens with zero attached hydrogens (tertiary/aromatic N) is 2. The van der Waals surface area contributed by atoms with E-state index in [9.17, 15) is 0 Å². The molecular weight excluding hydrogens is 216 g/mol. The molecular formula is C10H15ClN2O2. The number of rotatable bonds is 3. The lowest BCUT2D eigenvalue weighted by molar-refractivity contribution is 0.117. The molecule has 4 nitrogen and oxygen atoms in total. The summed E-state index contributed by atoms with van der Waals surface area (Å²) in [6, 6.07) is 0.958. The summed E-state index contributed by atoms with van der Waals surface area (Å²) in [6.45, 7) is 2.87. The first kappa shape index (κ1) is 10.8. The van der Waals surface area contributed by atoms with Crippen LogP contribution in [0.1, 0.15) is 19.0 Å². The molecule has 0 N–H and O–H groups in total. The van der Waals surface area contributed by atoms with Crippen LogP contribution in [0, 0.1) is 0 Å². The molecule has 84 valence electrons. The fraction of sp³-hybridized carbons (Fsp3) is 0.700. The minimum atomic E-state index is 0.223. The predicted molar refractivity (Wildman–Crippen MR) is 58.3 cm³/mol. The zero-order valence-corrected chi connectivity index (χ0v) is 9.70. The minimum absolute atomic E-state index is 0.223. The van der Waals surface area contributed by atoms with Crippen LogP contribution in [0.4, 0.5) is 6.01 Å². The minimum Gasteiger partial charge on any atom is -0.432 e. The molecule has 2 rings (SSSR count). The van der Waals surface area contributed by atoms with Crippen molar-refractivity contribution >= 4 is 17.6 Å². The number of halogens is 1. The highest BCUT2D eigenvalue weighted by atomic mass is 35.5. The number of ether oxygens (including phenoxy) is 1. The highest BCUT2D eigenvalue weighted by Gasteiger charge is 2.30. The van der Waals surface area contributed by atoms with E-state index in [0.717, 1.165) is 18.7 Å². The number of hydrogen-bond donors (Lipinski definition) is 0. The van der Waals surface area contributed by atoms with E-state index in [2.05, 4.69) is 11.9 Å². The van der Waals surface area contributed by atoms with Crippen molar-refractivity contribution in [2.24, 2.45) is 0 Å². The van der Waals surface area contributed by atoms with Gasteiger partial charge in [-0.1, -0.05) is 0 Å². The van der Waals surface area contributed by atoms with Crippen LogP contribution in [0.3, 0.4) is 0 Å². The van der Waals surface area contributed by atoms with Crippen molar-refractivity contribution in [1.82, 2.24) is 4.98 Å². The smallest absolute Gasteiger partial charge is 0.297 e. The molecule has 1 aromatic rings. The Labute approximate surface area is 94.2 Å². The van der Waals surface area contributed by atoms with Gasteiger partial charge in [0.15, 0.2) is 0 Å². The van der Waals surface area contributed by atoms with E-state index >= 15 is 0 Å². The molecule has 1 aliphatic rings. The summed E-state index contributed by atoms with van der Waals surface area (Å²) in [5.74, 6) is 0.383. The summed E-state index contributed by atoms with van der Waals surface area (Å²) >= 11 is 5.67. The van der Waals surface area contributed by atoms with Crippen LogP contribution >= 0.6 is 11.6 Å². The quantitative estimate of drug-likeness (QED) is 0.745. The van der Waals surface area contributed by atoms with Crippen molar-refractivity contribution < 1.29 is 9.15 Å². The fourth-order valence-corrected chi connectivity index (χ4v) is 2.01. The first-order valence-electron chi connectivity index (χ1n) is 5.07. The summed E-state index contributed by atoms with van der Waals surface area (Å²) in [4.78, 5) is 6.30. The van der Waals surface area contributed by atoms with Crippen LogP contribution in [0.25, 0.3) is 0 Å². The van der Waals surface area contributed by atoms with Crippen molar-refractivity contribution in [3.63, 3.8) is 0 Å². The maximum atomic E-state index is 5.67. The van der Waals surface area contributed by atoms with Gasteiger partial charge in [-0.2, -0.15) is 4.98 Å². The van der Waals surface area contributed by atoms with Gasteiger partial charge in [0.1, 0.15) is 6.26 Å². The van der Waals surface area contributed by atoms with Crippen LogP contribution in [0.5, 0.6) is 0 Å². The molecule has 2 unspecified atom stereocenters. The van der Waals surface area contributed by atoms with E-state index in [0.29, 0.717) is 17.9 Å². The number of oxazole rings is 1. The van der Waals surface area contributed by atoms with Gasteiger partial charge in [-0.05, 0) is 13.3 Å². The Morgan fingerprint density at radius 2 is 2.47 bits per heavy atom. The van der Waals surface area contributed by atoms with Crippen molar-refractivity contribution in [3.8, 4) is 0 Å². The molecule has 2 atom stereocenters. The van der Waals surface area contributed by atoms with E-state index < -0.39 is 0 Å². The first-order valence-corrected chi connectivity index (χ1v) is 5.60. The third-order valence-corrected chi connectivity index (χ3v) is 3.09. The second-order valence-corrected chi connectivity index (χ2v) is 4.07. The number of alkyl halides is 1. The molecule has 15 heavy (non-hydrogen) atoms. The lowest BCUT2D eigenvalue weighted by atomic mass is 10.1. The summed E-state index contributed by atoms with van der Waals surface area (Å²) in [5, 5.41) is 0. The van der Waals surface area contributed by atoms with E-state index in [1.54, 1.807) is 6.26 Å². The summed E-state index contributed by atoms with van der Waals surface area (Å²) in [7, 11) is 1.97. The highest BCUT2D eigenvalue weighted by molar-refractivity contribution is 6.16. The zero-order chi connectivity index (χ0) is 10.8. The molecule has 0 bridgehead atoms. The third kappa shape index (κ3) is 2.11. The number of hydrogen-bond acceptors (Lipinski definition) is 4. The summed E-state index contributed by atoms with van der Waals surface area (Å²) < 4.78 is 10.9. The topological polar surface area (TPSA) is 38.5 Å². The van der Waals surface area contributed by atoms with Crippen LogP contribution in [-0.2, 0) is 10.6 Å². The monoisotopic (exact) mass is 230 g/mol. The van der Waals surface area contributed by atoms with Gasteiger partial charge in [0.05, 0.1) is 23.7 Å². The first-order chi connectivity index (χ1) is 7.22. The molecule has 0 amide bonds. The van der Waals surface area contributed by atoms with Crippen LogP contribution in [0.15, 0.2) is 10.7 Å². The number of anilines is 1. The molecule has 0 aromatic carbocycles. The summed E-state index contributed by atoms with van der Waals surface area (Å²) in [5.41, 5.74) is 0.769. The molecule has 1 aromatic heterocycles. The Kier molecular flexibility index (Phi) is 3.17. The SMILES string of the molecule is CC1OCCC1N(C)c1nc(CCl)co1. The van der Waals surface area contributed by atoms with Gasteiger partial charge >= 0.3 is 0 Å². The van der Waals surface area contributed by atoms with Gasteiger partial charge in [0.2, 0.25) is 0 Å². The Morgan fingerprint density at radius 1 is 1.67 bits per heavy atom. The predicted octanol–water partition coefficient (Wildman–Crippen LogP) is 2.03. The lowest BCUT2D eigenvalue weighted by Crippen LogP contribution is -2.36. The standard InChI is InChI=1S/C10H15ClN2O2/c1-7-9(3-4-14-7)13(2)10-12-8(5-11)6-15-10/h6-7,9H,3-5H2,1-2H3. The van der Waals surface area contributed by atoms with Crippen LogP contribution < -0.4 is 4.90 Å². The molecule has 1 saturated heterocycles. The third-order valence-electron chi connectivity index (χ3n) is 2.81. The second-order valence-electron chi connectivity index (χ2n) is 3.80. The number of aromatic nitrogens is 1. The van der Waals surface area contributed by atoms with Crippen LogP contribution in [0.2, 0.25) is 0 Å². The van der Waals surface area contributed by atoms with Gasteiger partial charge in [0, 0.05) is 13.7 Å². The molecule has 0 spiro atoms. The van der Waals surface area contributed by atoms with Gasteiger partial charge in [-0.3, -0.25) is 0 Å². The average molecular weight is 231 g/mol. The number of likely N-dealkylation sites (N-methyl/N-ethyl adjacent to an activating group) is 1. The van der Waals surface area contributed by atoms with Gasteiger partial charge in [0.25, 0.3) is 6.01 Å². The Bertz CT molecular complexity index is 329. The van der Waals surface area contributed by atoms with Gasteiger partial charge in [-0.25, -0.2) is 0 Å². The largest absolute Gasteiger partial charge is 0.432 e. The second kappa shape index (κ2) is 4.41. The maximum absolute atomic E-state index is 5.67. The Morgan fingerprint density at radius 3 is 3.00 bits per heavy atom. The molecule has 0 radical (unpaired) electrons. The van der Waals surface area contributed by atoms with E-state index in [-0.39, 0.29) is 6.10 Å². The van der Waals surface area contributed by atoms with E-state index in [1.807, 2.05) is 11.9 Å². The lowest BCUT2D eigenvalue weighted by Gasteiger charge is -2.24. The highest BCUT2D eigenvalue weighted by Crippen LogP contribution is 2.23. The van der Waals surface area contributed by atoms with Crippen molar-refractivity contribution in [2.75, 3.05) is 18.6 Å². The van der Waals surface area contributed by atoms with Gasteiger partial charge < -0.3 is 14.1 Å². The molecule has 1 aliphatic heterocycles. The molecule has 1 fully saturated rings. The van der Waals surface area contributed by atoms with Crippen molar-refractivity contribution in [1.29, 1.82) is 0 Å². The van der Waals surface area contributed by atoms with Crippen molar-refractivity contribution in [2.45, 2.75) is 31.4 Å². The molecule has 0 saturated carbocycles. The average Bonchev–Trinajstić information content (AvgIpc) is 2.84. The van der Waals surface area contributed by atoms with Crippen molar-refractivity contribution in [3.05, 3.63) is 12.0 Å². The Hall–Kier alpha value is -0.740. The fourth-order valence-electron chi connectivity index (χ4n) is 1.89. The van der Waals surface area contributed by atoms with Gasteiger partial charge in [-0.15, -0.1) is 11.6 Å². The van der Waals surface area contributed by atoms with E-state index in [4.69, 9.17) is 20.8 Å². The van der Waals surface area contributed by atoms with Crippen LogP contribution in [-0.4, -0.2) is 30.8 Å². The normalized spacial score (nSPS) is 25.8. The zero-order valence-electron chi connectivity index (χ0n) is 8.94. The molecule has 5 heteroatoms. The molecule has 2 heterocycles. The Balaban J connectivity index is 2.09.